The number of aromatic amines is 1. The lowest BCUT2D eigenvalue weighted by Crippen LogP contribution is -2.11. The summed E-state index contributed by atoms with van der Waals surface area (Å²) in [7, 11) is 0. The first-order chi connectivity index (χ1) is 10.8. The molecule has 0 atom stereocenters. The first-order valence-electron chi connectivity index (χ1n) is 6.64. The molecule has 7 heteroatoms. The fraction of sp³-hybridized carbons (Fsp3) is 0. The largest absolute Gasteiger partial charge is 0.320 e. The van der Waals surface area contributed by atoms with Gasteiger partial charge in [0.2, 0.25) is 5.56 Å². The van der Waals surface area contributed by atoms with Gasteiger partial charge >= 0.3 is 0 Å². The fourth-order valence-electron chi connectivity index (χ4n) is 2.43. The van der Waals surface area contributed by atoms with Crippen molar-refractivity contribution in [2.24, 2.45) is 0 Å². The number of aromatic nitrogens is 6. The summed E-state index contributed by atoms with van der Waals surface area (Å²) in [5, 5.41) is 12.6. The highest BCUT2D eigenvalue weighted by Crippen LogP contribution is 2.28. The molecule has 0 saturated carbocycles. The number of hydrogen-bond donors (Lipinski definition) is 1. The number of nitrogens with one attached hydrogen (secondary N) is 1. The Hall–Kier alpha value is -3.35. The van der Waals surface area contributed by atoms with Crippen molar-refractivity contribution in [3.8, 4) is 16.9 Å². The smallest absolute Gasteiger partial charge is 0.248 e. The molecule has 0 aliphatic rings. The van der Waals surface area contributed by atoms with E-state index in [1.54, 1.807) is 12.3 Å². The Labute approximate surface area is 124 Å². The van der Waals surface area contributed by atoms with E-state index in [9.17, 15) is 4.79 Å². The summed E-state index contributed by atoms with van der Waals surface area (Å²) in [5.41, 5.74) is 2.79. The lowest BCUT2D eigenvalue weighted by molar-refractivity contribution is 0.718. The van der Waals surface area contributed by atoms with Gasteiger partial charge in [0.05, 0.1) is 11.2 Å². The van der Waals surface area contributed by atoms with Crippen LogP contribution in [0.5, 0.6) is 0 Å². The summed E-state index contributed by atoms with van der Waals surface area (Å²) in [6.45, 7) is 0. The molecule has 1 N–H and O–H groups in total. The Kier molecular flexibility index (Phi) is 2.75. The molecule has 4 aromatic rings. The number of benzene rings is 1. The molecule has 0 spiro atoms. The Bertz CT molecular complexity index is 1000. The number of pyridine rings is 2. The Morgan fingerprint density at radius 1 is 1.05 bits per heavy atom. The minimum atomic E-state index is -0.195. The molecule has 1 aromatic carbocycles. The molecule has 106 valence electrons. The molecule has 0 radical (unpaired) electrons. The second-order valence-electron chi connectivity index (χ2n) is 4.68. The van der Waals surface area contributed by atoms with E-state index in [1.807, 2.05) is 30.3 Å². The van der Waals surface area contributed by atoms with Gasteiger partial charge < -0.3 is 4.98 Å². The highest BCUT2D eigenvalue weighted by atomic mass is 16.1. The molecule has 3 heterocycles. The van der Waals surface area contributed by atoms with Crippen LogP contribution in [0.3, 0.4) is 0 Å². The van der Waals surface area contributed by atoms with Crippen LogP contribution in [0.15, 0.2) is 59.8 Å². The second kappa shape index (κ2) is 4.88. The quantitative estimate of drug-likeness (QED) is 0.605. The topological polar surface area (TPSA) is 89.3 Å². The number of hydrogen-bond acceptors (Lipinski definition) is 5. The van der Waals surface area contributed by atoms with Crippen molar-refractivity contribution in [2.75, 3.05) is 0 Å². The van der Waals surface area contributed by atoms with Crippen molar-refractivity contribution in [1.82, 2.24) is 30.2 Å². The molecule has 0 fully saturated rings. The third kappa shape index (κ3) is 1.96. The van der Waals surface area contributed by atoms with Gasteiger partial charge in [0.1, 0.15) is 5.69 Å². The normalized spacial score (nSPS) is 10.9. The van der Waals surface area contributed by atoms with Gasteiger partial charge in [-0.3, -0.25) is 9.78 Å². The molecule has 0 aliphatic heterocycles. The van der Waals surface area contributed by atoms with Crippen molar-refractivity contribution in [1.29, 1.82) is 0 Å². The highest BCUT2D eigenvalue weighted by Gasteiger charge is 2.13. The van der Waals surface area contributed by atoms with Crippen LogP contribution < -0.4 is 5.56 Å². The summed E-state index contributed by atoms with van der Waals surface area (Å²) in [5.74, 6) is 0. The van der Waals surface area contributed by atoms with Crippen LogP contribution in [0.25, 0.3) is 27.8 Å². The van der Waals surface area contributed by atoms with Crippen LogP contribution in [0.4, 0.5) is 0 Å². The van der Waals surface area contributed by atoms with E-state index >= 15 is 0 Å². The third-order valence-corrected chi connectivity index (χ3v) is 3.38. The Morgan fingerprint density at radius 2 is 1.95 bits per heavy atom. The zero-order valence-electron chi connectivity index (χ0n) is 11.3. The van der Waals surface area contributed by atoms with Gasteiger partial charge in [0.25, 0.3) is 0 Å². The molecule has 22 heavy (non-hydrogen) atoms. The minimum absolute atomic E-state index is 0.195. The zero-order valence-corrected chi connectivity index (χ0v) is 11.3. The predicted molar refractivity (Wildman–Crippen MR) is 80.5 cm³/mol. The van der Waals surface area contributed by atoms with Gasteiger partial charge in [0, 0.05) is 23.2 Å². The molecule has 0 amide bonds. The van der Waals surface area contributed by atoms with E-state index in [1.165, 1.54) is 17.2 Å². The SMILES string of the molecule is O=c1ccc(-n2ncnn2)c(-c2ccnc3ccccc23)[nH]1. The molecule has 0 unspecified atom stereocenters. The first kappa shape index (κ1) is 12.4. The van der Waals surface area contributed by atoms with Crippen molar-refractivity contribution in [2.45, 2.75) is 0 Å². The highest BCUT2D eigenvalue weighted by molar-refractivity contribution is 5.94. The summed E-state index contributed by atoms with van der Waals surface area (Å²) in [6, 6.07) is 12.7. The van der Waals surface area contributed by atoms with Crippen LogP contribution in [0.2, 0.25) is 0 Å². The lowest BCUT2D eigenvalue weighted by Gasteiger charge is -2.10. The van der Waals surface area contributed by atoms with E-state index in [2.05, 4.69) is 25.4 Å². The standard InChI is InChI=1S/C15H10N6O/c22-14-6-5-13(21-18-9-17-20-21)15(19-14)11-7-8-16-12-4-2-1-3-10(11)12/h1-9H,(H,19,22). The maximum Gasteiger partial charge on any atom is 0.248 e. The van der Waals surface area contributed by atoms with Gasteiger partial charge in [-0.1, -0.05) is 18.2 Å². The van der Waals surface area contributed by atoms with Gasteiger partial charge in [0.15, 0.2) is 6.33 Å². The second-order valence-corrected chi connectivity index (χ2v) is 4.68. The maximum atomic E-state index is 11.8. The summed E-state index contributed by atoms with van der Waals surface area (Å²) >= 11 is 0. The van der Waals surface area contributed by atoms with E-state index in [-0.39, 0.29) is 5.56 Å². The van der Waals surface area contributed by atoms with Crippen LogP contribution in [-0.4, -0.2) is 30.2 Å². The number of fused-ring (bicyclic) bond motifs is 1. The average molecular weight is 290 g/mol. The predicted octanol–water partition coefficient (Wildman–Crippen LogP) is 1.57. The van der Waals surface area contributed by atoms with Crippen molar-refractivity contribution in [3.05, 3.63) is 65.3 Å². The average Bonchev–Trinajstić information content (AvgIpc) is 3.08. The molecule has 0 aliphatic carbocycles. The zero-order chi connectivity index (χ0) is 14.9. The van der Waals surface area contributed by atoms with Gasteiger partial charge in [-0.2, -0.15) is 0 Å². The van der Waals surface area contributed by atoms with E-state index in [4.69, 9.17) is 0 Å². The molecular weight excluding hydrogens is 280 g/mol. The van der Waals surface area contributed by atoms with Gasteiger partial charge in [-0.15, -0.1) is 15.0 Å². The molecule has 0 bridgehead atoms. The molecule has 3 aromatic heterocycles. The van der Waals surface area contributed by atoms with E-state index in [0.717, 1.165) is 16.5 Å². The minimum Gasteiger partial charge on any atom is -0.320 e. The van der Waals surface area contributed by atoms with Crippen molar-refractivity contribution < 1.29 is 0 Å². The molecule has 4 rings (SSSR count). The Balaban J connectivity index is 2.07. The van der Waals surface area contributed by atoms with Crippen LogP contribution in [-0.2, 0) is 0 Å². The van der Waals surface area contributed by atoms with Crippen LogP contribution in [0.1, 0.15) is 0 Å². The van der Waals surface area contributed by atoms with Crippen LogP contribution in [0, 0.1) is 0 Å². The summed E-state index contributed by atoms with van der Waals surface area (Å²) in [4.78, 5) is 20.4. The number of para-hydroxylation sites is 1. The van der Waals surface area contributed by atoms with Crippen molar-refractivity contribution >= 4 is 10.9 Å². The fourth-order valence-corrected chi connectivity index (χ4v) is 2.43. The molecular formula is C15H10N6O. The number of H-pyrrole nitrogens is 1. The maximum absolute atomic E-state index is 11.8. The number of nitrogens with zero attached hydrogens (tertiary/aromatic N) is 5. The molecule has 7 nitrogen and oxygen atoms in total. The van der Waals surface area contributed by atoms with Crippen molar-refractivity contribution in [3.63, 3.8) is 0 Å². The third-order valence-electron chi connectivity index (χ3n) is 3.38. The van der Waals surface area contributed by atoms with Crippen LogP contribution >= 0.6 is 0 Å². The summed E-state index contributed by atoms with van der Waals surface area (Å²) in [6.07, 6.45) is 3.06. The van der Waals surface area contributed by atoms with Gasteiger partial charge in [-0.25, -0.2) is 0 Å². The monoisotopic (exact) mass is 290 g/mol. The van der Waals surface area contributed by atoms with E-state index < -0.39 is 0 Å². The number of rotatable bonds is 2. The Morgan fingerprint density at radius 3 is 2.82 bits per heavy atom. The summed E-state index contributed by atoms with van der Waals surface area (Å²) < 4.78 is 0. The van der Waals surface area contributed by atoms with Gasteiger partial charge in [-0.05, 0) is 23.4 Å². The lowest BCUT2D eigenvalue weighted by atomic mass is 10.0. The van der Waals surface area contributed by atoms with E-state index in [0.29, 0.717) is 11.4 Å². The first-order valence-corrected chi connectivity index (χ1v) is 6.64. The molecule has 0 saturated heterocycles. The number of tetrazole rings is 1.